The van der Waals surface area contributed by atoms with E-state index in [2.05, 4.69) is 13.0 Å². The van der Waals surface area contributed by atoms with Crippen LogP contribution in [0.5, 0.6) is 0 Å². The van der Waals surface area contributed by atoms with Crippen LogP contribution in [0.3, 0.4) is 0 Å². The average molecular weight is 286 g/mol. The zero-order valence-corrected chi connectivity index (χ0v) is 13.5. The summed E-state index contributed by atoms with van der Waals surface area (Å²) in [7, 11) is 0. The standard InChI is InChI=1S/C11H20O2.C5H10O2/c1-4-6-7-8-9-13-11(12)10(3)5-2;1-3-4(2)5(6)7/h6-7,10H,4-5,8-9H2,1-3H3;4H,3H2,1-2H3,(H,6,7)/b7-6-;. The molecule has 0 aliphatic heterocycles. The fourth-order valence-corrected chi connectivity index (χ4v) is 0.996. The summed E-state index contributed by atoms with van der Waals surface area (Å²) in [5.41, 5.74) is 0. The molecule has 4 heteroatoms. The van der Waals surface area contributed by atoms with Gasteiger partial charge in [0.1, 0.15) is 0 Å². The van der Waals surface area contributed by atoms with Gasteiger partial charge in [0.15, 0.2) is 0 Å². The van der Waals surface area contributed by atoms with Crippen molar-refractivity contribution in [2.45, 2.75) is 60.3 Å². The minimum atomic E-state index is -0.706. The minimum absolute atomic E-state index is 0.0372. The van der Waals surface area contributed by atoms with E-state index in [4.69, 9.17) is 9.84 Å². The zero-order valence-electron chi connectivity index (χ0n) is 13.5. The van der Waals surface area contributed by atoms with E-state index in [1.54, 1.807) is 6.92 Å². The van der Waals surface area contributed by atoms with Gasteiger partial charge in [-0.3, -0.25) is 9.59 Å². The smallest absolute Gasteiger partial charge is 0.308 e. The SMILES string of the molecule is CC/C=C\CCOC(=O)C(C)CC.CCC(C)C(=O)O. The van der Waals surface area contributed by atoms with E-state index in [1.807, 2.05) is 26.8 Å². The number of carboxylic acid groups (broad SMARTS) is 1. The Bertz CT molecular complexity index is 284. The van der Waals surface area contributed by atoms with Gasteiger partial charge >= 0.3 is 11.9 Å². The lowest BCUT2D eigenvalue weighted by Crippen LogP contribution is -2.14. The molecule has 20 heavy (non-hydrogen) atoms. The Labute approximate surface area is 123 Å². The van der Waals surface area contributed by atoms with Crippen LogP contribution in [0.4, 0.5) is 0 Å². The van der Waals surface area contributed by atoms with Crippen LogP contribution in [0, 0.1) is 11.8 Å². The molecule has 2 atom stereocenters. The summed E-state index contributed by atoms with van der Waals surface area (Å²) in [5.74, 6) is -0.926. The highest BCUT2D eigenvalue weighted by atomic mass is 16.5. The van der Waals surface area contributed by atoms with Crippen molar-refractivity contribution in [1.82, 2.24) is 0 Å². The highest BCUT2D eigenvalue weighted by Gasteiger charge is 2.10. The fourth-order valence-electron chi connectivity index (χ4n) is 0.996. The van der Waals surface area contributed by atoms with Gasteiger partial charge in [0.25, 0.3) is 0 Å². The zero-order chi connectivity index (χ0) is 16.0. The lowest BCUT2D eigenvalue weighted by Gasteiger charge is -2.07. The van der Waals surface area contributed by atoms with E-state index in [0.717, 1.165) is 25.7 Å². The lowest BCUT2D eigenvalue weighted by molar-refractivity contribution is -0.147. The minimum Gasteiger partial charge on any atom is -0.481 e. The van der Waals surface area contributed by atoms with E-state index >= 15 is 0 Å². The van der Waals surface area contributed by atoms with Crippen molar-refractivity contribution in [3.8, 4) is 0 Å². The van der Waals surface area contributed by atoms with Crippen LogP contribution in [0.25, 0.3) is 0 Å². The van der Waals surface area contributed by atoms with Gasteiger partial charge in [0.2, 0.25) is 0 Å². The Morgan fingerprint density at radius 1 is 1.05 bits per heavy atom. The van der Waals surface area contributed by atoms with Gasteiger partial charge in [-0.25, -0.2) is 0 Å². The quantitative estimate of drug-likeness (QED) is 0.415. The highest BCUT2D eigenvalue weighted by molar-refractivity contribution is 5.71. The summed E-state index contributed by atoms with van der Waals surface area (Å²) in [4.78, 5) is 21.1. The van der Waals surface area contributed by atoms with Gasteiger partial charge < -0.3 is 9.84 Å². The number of ether oxygens (including phenoxy) is 1. The predicted octanol–water partition coefficient (Wildman–Crippen LogP) is 4.05. The summed E-state index contributed by atoms with van der Waals surface area (Å²) in [6.45, 7) is 10.0. The van der Waals surface area contributed by atoms with E-state index < -0.39 is 5.97 Å². The van der Waals surface area contributed by atoms with Gasteiger partial charge in [0, 0.05) is 0 Å². The molecule has 0 aliphatic carbocycles. The van der Waals surface area contributed by atoms with E-state index in [1.165, 1.54) is 0 Å². The summed E-state index contributed by atoms with van der Waals surface area (Å²) in [6, 6.07) is 0. The van der Waals surface area contributed by atoms with Crippen molar-refractivity contribution >= 4 is 11.9 Å². The molecule has 0 amide bonds. The van der Waals surface area contributed by atoms with Crippen molar-refractivity contribution < 1.29 is 19.4 Å². The first-order valence-electron chi connectivity index (χ1n) is 7.44. The van der Waals surface area contributed by atoms with Crippen molar-refractivity contribution in [3.05, 3.63) is 12.2 Å². The van der Waals surface area contributed by atoms with Crippen LogP contribution in [0.15, 0.2) is 12.2 Å². The van der Waals surface area contributed by atoms with Gasteiger partial charge in [-0.2, -0.15) is 0 Å². The van der Waals surface area contributed by atoms with Crippen molar-refractivity contribution in [2.75, 3.05) is 6.61 Å². The largest absolute Gasteiger partial charge is 0.481 e. The molecule has 0 aromatic heterocycles. The van der Waals surface area contributed by atoms with E-state index in [-0.39, 0.29) is 17.8 Å². The second-order valence-corrected chi connectivity index (χ2v) is 4.79. The van der Waals surface area contributed by atoms with Gasteiger partial charge in [0.05, 0.1) is 18.4 Å². The van der Waals surface area contributed by atoms with Crippen LogP contribution >= 0.6 is 0 Å². The molecule has 0 radical (unpaired) electrons. The molecular weight excluding hydrogens is 256 g/mol. The molecule has 4 nitrogen and oxygen atoms in total. The first kappa shape index (κ1) is 21.0. The van der Waals surface area contributed by atoms with Gasteiger partial charge in [-0.05, 0) is 25.7 Å². The van der Waals surface area contributed by atoms with Crippen LogP contribution in [0.1, 0.15) is 60.3 Å². The first-order chi connectivity index (χ1) is 9.40. The van der Waals surface area contributed by atoms with Gasteiger partial charge in [-0.1, -0.05) is 46.8 Å². The predicted molar refractivity (Wildman–Crippen MR) is 81.6 cm³/mol. The third-order valence-corrected chi connectivity index (χ3v) is 2.98. The molecule has 2 unspecified atom stereocenters. The fraction of sp³-hybridized carbons (Fsp3) is 0.750. The molecule has 0 heterocycles. The Hall–Kier alpha value is -1.32. The number of rotatable bonds is 8. The molecule has 0 rings (SSSR count). The lowest BCUT2D eigenvalue weighted by atomic mass is 10.1. The highest BCUT2D eigenvalue weighted by Crippen LogP contribution is 2.03. The number of carboxylic acids is 1. The molecule has 0 saturated carbocycles. The van der Waals surface area contributed by atoms with E-state index in [0.29, 0.717) is 6.61 Å². The Kier molecular flexibility index (Phi) is 14.8. The molecule has 118 valence electrons. The maximum Gasteiger partial charge on any atom is 0.308 e. The van der Waals surface area contributed by atoms with Gasteiger partial charge in [-0.15, -0.1) is 0 Å². The molecule has 0 aromatic rings. The number of hydrogen-bond acceptors (Lipinski definition) is 3. The summed E-state index contributed by atoms with van der Waals surface area (Å²) in [5, 5.41) is 8.18. The topological polar surface area (TPSA) is 63.6 Å². The van der Waals surface area contributed by atoms with Crippen LogP contribution < -0.4 is 0 Å². The molecule has 0 saturated heterocycles. The number of allylic oxidation sites excluding steroid dienone is 1. The summed E-state index contributed by atoms with van der Waals surface area (Å²) >= 11 is 0. The number of carbonyl (C=O) groups excluding carboxylic acids is 1. The molecule has 0 aliphatic rings. The molecule has 0 fully saturated rings. The van der Waals surface area contributed by atoms with Crippen molar-refractivity contribution in [1.29, 1.82) is 0 Å². The Balaban J connectivity index is 0. The number of aliphatic carboxylic acids is 1. The Morgan fingerprint density at radius 2 is 1.60 bits per heavy atom. The average Bonchev–Trinajstić information content (AvgIpc) is 2.45. The number of esters is 1. The van der Waals surface area contributed by atoms with Crippen LogP contribution in [0.2, 0.25) is 0 Å². The summed E-state index contributed by atoms with van der Waals surface area (Å²) < 4.78 is 5.05. The molecular formula is C16H30O4. The second-order valence-electron chi connectivity index (χ2n) is 4.79. The number of hydrogen-bond donors (Lipinski definition) is 1. The Morgan fingerprint density at radius 3 is 1.95 bits per heavy atom. The summed E-state index contributed by atoms with van der Waals surface area (Å²) in [6.07, 6.45) is 7.56. The molecule has 1 N–H and O–H groups in total. The van der Waals surface area contributed by atoms with Crippen molar-refractivity contribution in [3.63, 3.8) is 0 Å². The number of carbonyl (C=O) groups is 2. The normalized spacial score (nSPS) is 13.2. The van der Waals surface area contributed by atoms with Crippen molar-refractivity contribution in [2.24, 2.45) is 11.8 Å². The molecule has 0 spiro atoms. The molecule has 0 aromatic carbocycles. The molecule has 0 bridgehead atoms. The van der Waals surface area contributed by atoms with E-state index in [9.17, 15) is 9.59 Å². The maximum absolute atomic E-state index is 11.2. The van der Waals surface area contributed by atoms with Crippen LogP contribution in [-0.4, -0.2) is 23.7 Å². The third kappa shape index (κ3) is 13.1. The first-order valence-corrected chi connectivity index (χ1v) is 7.44. The van der Waals surface area contributed by atoms with Crippen LogP contribution in [-0.2, 0) is 14.3 Å². The third-order valence-electron chi connectivity index (χ3n) is 2.98. The second kappa shape index (κ2) is 14.1. The maximum atomic E-state index is 11.2. The monoisotopic (exact) mass is 286 g/mol.